The molecule has 2 aromatic carbocycles. The van der Waals surface area contributed by atoms with E-state index in [9.17, 15) is 0 Å². The number of rotatable bonds is 2. The largest absolute Gasteiger partial charge is 0.307 e. The van der Waals surface area contributed by atoms with E-state index in [0.29, 0.717) is 5.92 Å². The lowest BCUT2D eigenvalue weighted by Gasteiger charge is -2.13. The van der Waals surface area contributed by atoms with Crippen molar-refractivity contribution in [1.29, 1.82) is 0 Å². The minimum absolute atomic E-state index is 0.565. The molecule has 0 aliphatic carbocycles. The molecule has 1 aromatic heterocycles. The van der Waals surface area contributed by atoms with E-state index < -0.39 is 0 Å². The SMILES string of the molecule is CC(C)c1ccc(-c2c3c(nc4ccccc24)CNC3)cc1. The Morgan fingerprint density at radius 3 is 2.50 bits per heavy atom. The van der Waals surface area contributed by atoms with Crippen LogP contribution in [0.2, 0.25) is 0 Å². The Hall–Kier alpha value is -2.19. The number of nitrogens with zero attached hydrogens (tertiary/aromatic N) is 1. The van der Waals surface area contributed by atoms with E-state index in [1.165, 1.54) is 33.3 Å². The predicted octanol–water partition coefficient (Wildman–Crippen LogP) is 4.63. The van der Waals surface area contributed by atoms with Gasteiger partial charge in [0.2, 0.25) is 0 Å². The first-order chi connectivity index (χ1) is 10.7. The molecule has 0 amide bonds. The topological polar surface area (TPSA) is 24.9 Å². The molecule has 2 heteroatoms. The van der Waals surface area contributed by atoms with Crippen molar-refractivity contribution in [1.82, 2.24) is 10.3 Å². The smallest absolute Gasteiger partial charge is 0.0712 e. The van der Waals surface area contributed by atoms with Crippen LogP contribution in [0.25, 0.3) is 22.0 Å². The maximum absolute atomic E-state index is 4.83. The van der Waals surface area contributed by atoms with Gasteiger partial charge in [-0.3, -0.25) is 4.98 Å². The average Bonchev–Trinajstić information content (AvgIpc) is 3.00. The third kappa shape index (κ3) is 2.11. The average molecular weight is 288 g/mol. The highest BCUT2D eigenvalue weighted by Gasteiger charge is 2.20. The van der Waals surface area contributed by atoms with Crippen molar-refractivity contribution >= 4 is 10.9 Å². The van der Waals surface area contributed by atoms with Gasteiger partial charge < -0.3 is 5.32 Å². The number of benzene rings is 2. The molecule has 22 heavy (non-hydrogen) atoms. The van der Waals surface area contributed by atoms with E-state index in [2.05, 4.69) is 67.7 Å². The molecule has 2 nitrogen and oxygen atoms in total. The molecule has 1 N–H and O–H groups in total. The third-order valence-electron chi connectivity index (χ3n) is 4.54. The van der Waals surface area contributed by atoms with Crippen molar-refractivity contribution in [2.75, 3.05) is 0 Å². The standard InChI is InChI=1S/C20H20N2/c1-13(2)14-7-9-15(10-8-14)20-16-5-3-4-6-18(16)22-19-12-21-11-17(19)20/h3-10,13,21H,11-12H2,1-2H3. The van der Waals surface area contributed by atoms with Crippen LogP contribution in [0.15, 0.2) is 48.5 Å². The molecule has 0 unspecified atom stereocenters. The molecule has 1 aliphatic rings. The van der Waals surface area contributed by atoms with Gasteiger partial charge in [0.15, 0.2) is 0 Å². The van der Waals surface area contributed by atoms with E-state index in [0.717, 1.165) is 18.6 Å². The molecule has 2 heterocycles. The molecule has 0 radical (unpaired) electrons. The summed E-state index contributed by atoms with van der Waals surface area (Å²) in [6.45, 7) is 6.25. The van der Waals surface area contributed by atoms with Crippen molar-refractivity contribution in [2.24, 2.45) is 0 Å². The fourth-order valence-electron chi connectivity index (χ4n) is 3.31. The van der Waals surface area contributed by atoms with Crippen molar-refractivity contribution < 1.29 is 0 Å². The van der Waals surface area contributed by atoms with Crippen molar-refractivity contribution in [2.45, 2.75) is 32.9 Å². The molecular formula is C20H20N2. The molecule has 0 saturated heterocycles. The summed E-state index contributed by atoms with van der Waals surface area (Å²) in [5.74, 6) is 0.565. The van der Waals surface area contributed by atoms with Gasteiger partial charge in [0, 0.05) is 18.5 Å². The number of pyridine rings is 1. The van der Waals surface area contributed by atoms with Crippen LogP contribution in [-0.4, -0.2) is 4.98 Å². The van der Waals surface area contributed by atoms with Crippen LogP contribution in [0.4, 0.5) is 0 Å². The van der Waals surface area contributed by atoms with Gasteiger partial charge in [-0.2, -0.15) is 0 Å². The number of aromatic nitrogens is 1. The van der Waals surface area contributed by atoms with Crippen molar-refractivity contribution in [3.63, 3.8) is 0 Å². The van der Waals surface area contributed by atoms with E-state index in [4.69, 9.17) is 4.98 Å². The first-order valence-corrected chi connectivity index (χ1v) is 7.95. The van der Waals surface area contributed by atoms with Gasteiger partial charge in [0.05, 0.1) is 11.2 Å². The quantitative estimate of drug-likeness (QED) is 0.743. The highest BCUT2D eigenvalue weighted by atomic mass is 14.9. The van der Waals surface area contributed by atoms with Gasteiger partial charge in [0.1, 0.15) is 0 Å². The second-order valence-corrected chi connectivity index (χ2v) is 6.31. The Bertz CT molecular complexity index is 832. The lowest BCUT2D eigenvalue weighted by Crippen LogP contribution is -2.00. The Kier molecular flexibility index (Phi) is 3.20. The molecule has 3 aromatic rings. The first-order valence-electron chi connectivity index (χ1n) is 7.95. The zero-order valence-corrected chi connectivity index (χ0v) is 13.1. The molecule has 0 atom stereocenters. The van der Waals surface area contributed by atoms with Gasteiger partial charge in [-0.25, -0.2) is 0 Å². The minimum atomic E-state index is 0.565. The minimum Gasteiger partial charge on any atom is -0.307 e. The third-order valence-corrected chi connectivity index (χ3v) is 4.54. The highest BCUT2D eigenvalue weighted by Crippen LogP contribution is 2.35. The summed E-state index contributed by atoms with van der Waals surface area (Å²) in [5, 5.41) is 4.69. The van der Waals surface area contributed by atoms with Gasteiger partial charge >= 0.3 is 0 Å². The molecule has 0 spiro atoms. The van der Waals surface area contributed by atoms with Crippen LogP contribution in [0, 0.1) is 0 Å². The summed E-state index contributed by atoms with van der Waals surface area (Å²) in [5.41, 5.74) is 7.67. The number of hydrogen-bond acceptors (Lipinski definition) is 2. The number of hydrogen-bond donors (Lipinski definition) is 1. The van der Waals surface area contributed by atoms with Crippen LogP contribution in [0.5, 0.6) is 0 Å². The second kappa shape index (κ2) is 5.22. The van der Waals surface area contributed by atoms with Gasteiger partial charge in [-0.1, -0.05) is 56.3 Å². The van der Waals surface area contributed by atoms with Gasteiger partial charge in [0.25, 0.3) is 0 Å². The molecule has 4 rings (SSSR count). The van der Waals surface area contributed by atoms with E-state index >= 15 is 0 Å². The fraction of sp³-hybridized carbons (Fsp3) is 0.250. The van der Waals surface area contributed by atoms with Crippen LogP contribution >= 0.6 is 0 Å². The normalized spacial score (nSPS) is 13.8. The van der Waals surface area contributed by atoms with Crippen LogP contribution in [0.3, 0.4) is 0 Å². The molecule has 0 fully saturated rings. The zero-order valence-electron chi connectivity index (χ0n) is 13.1. The first kappa shape index (κ1) is 13.5. The molecule has 1 aliphatic heterocycles. The van der Waals surface area contributed by atoms with Crippen molar-refractivity contribution in [3.8, 4) is 11.1 Å². The summed E-state index contributed by atoms with van der Waals surface area (Å²) < 4.78 is 0. The van der Waals surface area contributed by atoms with Gasteiger partial charge in [-0.05, 0) is 34.2 Å². The molecular weight excluding hydrogens is 268 g/mol. The number of nitrogens with one attached hydrogen (secondary N) is 1. The Balaban J connectivity index is 1.97. The summed E-state index contributed by atoms with van der Waals surface area (Å²) in [7, 11) is 0. The summed E-state index contributed by atoms with van der Waals surface area (Å²) in [6, 6.07) is 17.5. The molecule has 0 saturated carbocycles. The summed E-state index contributed by atoms with van der Waals surface area (Å²) >= 11 is 0. The Morgan fingerprint density at radius 1 is 0.955 bits per heavy atom. The highest BCUT2D eigenvalue weighted by molar-refractivity contribution is 5.96. The fourth-order valence-corrected chi connectivity index (χ4v) is 3.31. The molecule has 0 bridgehead atoms. The Labute approximate surface area is 131 Å². The van der Waals surface area contributed by atoms with Crippen LogP contribution in [-0.2, 0) is 13.1 Å². The zero-order chi connectivity index (χ0) is 15.1. The summed E-state index contributed by atoms with van der Waals surface area (Å²) in [4.78, 5) is 4.83. The van der Waals surface area contributed by atoms with Crippen LogP contribution < -0.4 is 5.32 Å². The van der Waals surface area contributed by atoms with E-state index in [-0.39, 0.29) is 0 Å². The molecule has 110 valence electrons. The predicted molar refractivity (Wildman–Crippen MR) is 91.8 cm³/mol. The number of para-hydroxylation sites is 1. The summed E-state index contributed by atoms with van der Waals surface area (Å²) in [6.07, 6.45) is 0. The lowest BCUT2D eigenvalue weighted by molar-refractivity contribution is 0.758. The van der Waals surface area contributed by atoms with E-state index in [1.807, 2.05) is 0 Å². The van der Waals surface area contributed by atoms with Crippen LogP contribution in [0.1, 0.15) is 36.6 Å². The Morgan fingerprint density at radius 2 is 1.73 bits per heavy atom. The van der Waals surface area contributed by atoms with E-state index in [1.54, 1.807) is 0 Å². The monoisotopic (exact) mass is 288 g/mol. The lowest BCUT2D eigenvalue weighted by atomic mass is 9.93. The maximum Gasteiger partial charge on any atom is 0.0712 e. The number of fused-ring (bicyclic) bond motifs is 2. The van der Waals surface area contributed by atoms with Crippen molar-refractivity contribution in [3.05, 3.63) is 65.4 Å². The van der Waals surface area contributed by atoms with Gasteiger partial charge in [-0.15, -0.1) is 0 Å². The second-order valence-electron chi connectivity index (χ2n) is 6.31. The maximum atomic E-state index is 4.83.